The normalized spacial score (nSPS) is 11.0. The van der Waals surface area contributed by atoms with E-state index in [-0.39, 0.29) is 17.5 Å². The molecule has 2 aromatic carbocycles. The number of anilines is 1. The van der Waals surface area contributed by atoms with Crippen LogP contribution in [-0.4, -0.2) is 31.4 Å². The van der Waals surface area contributed by atoms with Crippen LogP contribution in [0, 0.1) is 26.6 Å². The Kier molecular flexibility index (Phi) is 6.38. The fraction of sp³-hybridized carbons (Fsp3) is 0.217. The molecular weight excluding hydrogens is 445 g/mol. The average Bonchev–Trinajstić information content (AvgIpc) is 3.36. The van der Waals surface area contributed by atoms with Gasteiger partial charge in [0, 0.05) is 23.6 Å². The highest BCUT2D eigenvalue weighted by atomic mass is 32.2. The molecule has 2 aromatic heterocycles. The lowest BCUT2D eigenvalue weighted by atomic mass is 9.99. The monoisotopic (exact) mass is 467 g/mol. The van der Waals surface area contributed by atoms with Crippen LogP contribution >= 0.6 is 23.1 Å². The van der Waals surface area contributed by atoms with Crippen molar-refractivity contribution in [3.8, 4) is 22.6 Å². The van der Waals surface area contributed by atoms with Crippen molar-refractivity contribution in [2.45, 2.75) is 25.9 Å². The summed E-state index contributed by atoms with van der Waals surface area (Å²) in [6, 6.07) is 10.3. The minimum absolute atomic E-state index is 0.168. The van der Waals surface area contributed by atoms with Crippen LogP contribution < -0.4 is 5.32 Å². The number of carbonyl (C=O) groups is 1. The number of halogens is 1. The molecule has 2 heterocycles. The number of thiazole rings is 1. The van der Waals surface area contributed by atoms with Crippen LogP contribution in [0.2, 0.25) is 0 Å². The number of carbonyl (C=O) groups excluding carboxylic acids is 1. The summed E-state index contributed by atoms with van der Waals surface area (Å²) in [6.07, 6.45) is 0. The maximum absolute atomic E-state index is 13.2. The number of nitrogens with one attached hydrogen (secondary N) is 1. The van der Waals surface area contributed by atoms with Gasteiger partial charge in [-0.1, -0.05) is 17.8 Å². The Morgan fingerprint density at radius 1 is 1.09 bits per heavy atom. The predicted molar refractivity (Wildman–Crippen MR) is 128 cm³/mol. The zero-order valence-corrected chi connectivity index (χ0v) is 19.8. The number of amides is 1. The van der Waals surface area contributed by atoms with E-state index in [0.29, 0.717) is 16.1 Å². The van der Waals surface area contributed by atoms with Gasteiger partial charge in [-0.05, 0) is 67.8 Å². The van der Waals surface area contributed by atoms with E-state index in [9.17, 15) is 9.18 Å². The number of thioether (sulfide) groups is 1. The molecule has 9 heteroatoms. The van der Waals surface area contributed by atoms with Gasteiger partial charge in [0.2, 0.25) is 5.91 Å². The molecule has 0 spiro atoms. The number of nitrogens with zero attached hydrogens (tertiary/aromatic N) is 4. The molecule has 164 valence electrons. The van der Waals surface area contributed by atoms with E-state index in [2.05, 4.69) is 53.4 Å². The van der Waals surface area contributed by atoms with Gasteiger partial charge in [0.05, 0.1) is 11.4 Å². The van der Waals surface area contributed by atoms with Crippen molar-refractivity contribution in [3.63, 3.8) is 0 Å². The van der Waals surface area contributed by atoms with Crippen LogP contribution in [0.5, 0.6) is 0 Å². The van der Waals surface area contributed by atoms with Crippen molar-refractivity contribution in [2.75, 3.05) is 11.1 Å². The first-order chi connectivity index (χ1) is 15.3. The third-order valence-corrected chi connectivity index (χ3v) is 6.91. The van der Waals surface area contributed by atoms with Gasteiger partial charge >= 0.3 is 0 Å². The van der Waals surface area contributed by atoms with E-state index in [4.69, 9.17) is 0 Å². The lowest BCUT2D eigenvalue weighted by molar-refractivity contribution is -0.113. The largest absolute Gasteiger partial charge is 0.305 e. The second kappa shape index (κ2) is 9.22. The summed E-state index contributed by atoms with van der Waals surface area (Å²) >= 11 is 2.69. The van der Waals surface area contributed by atoms with Crippen molar-refractivity contribution < 1.29 is 9.18 Å². The maximum Gasteiger partial charge on any atom is 0.236 e. The molecule has 0 aliphatic rings. The van der Waals surface area contributed by atoms with Gasteiger partial charge in [-0.3, -0.25) is 4.79 Å². The molecule has 0 fully saturated rings. The van der Waals surface area contributed by atoms with Crippen LogP contribution in [0.4, 0.5) is 9.52 Å². The lowest BCUT2D eigenvalue weighted by Gasteiger charge is -2.07. The van der Waals surface area contributed by atoms with Gasteiger partial charge in [-0.2, -0.15) is 0 Å². The van der Waals surface area contributed by atoms with Crippen molar-refractivity contribution in [1.82, 2.24) is 19.7 Å². The van der Waals surface area contributed by atoms with Crippen LogP contribution in [-0.2, 0) is 11.8 Å². The SMILES string of the molecule is Cc1cc(C)c(-c2csc(NC(=O)CSc3nnc(-c4ccc(F)cc4)n3C)n2)cc1C. The Balaban J connectivity index is 1.39. The standard InChI is InChI=1S/C23H22FN5OS2/c1-13-9-15(3)18(10-14(13)2)19-11-31-22(25-19)26-20(30)12-32-23-28-27-21(29(23)4)16-5-7-17(24)8-6-16/h5-11H,12H2,1-4H3,(H,25,26,30). The number of benzene rings is 2. The molecule has 32 heavy (non-hydrogen) atoms. The highest BCUT2D eigenvalue weighted by Gasteiger charge is 2.15. The summed E-state index contributed by atoms with van der Waals surface area (Å²) in [5.41, 5.74) is 6.31. The number of aryl methyl sites for hydroxylation is 3. The molecule has 6 nitrogen and oxygen atoms in total. The maximum atomic E-state index is 13.2. The summed E-state index contributed by atoms with van der Waals surface area (Å²) in [4.78, 5) is 17.0. The summed E-state index contributed by atoms with van der Waals surface area (Å²) in [5.74, 6) is 0.313. The molecule has 0 aliphatic carbocycles. The average molecular weight is 468 g/mol. The number of hydrogen-bond acceptors (Lipinski definition) is 6. The van der Waals surface area contributed by atoms with Crippen molar-refractivity contribution in [1.29, 1.82) is 0 Å². The molecule has 4 aromatic rings. The molecule has 0 radical (unpaired) electrons. The lowest BCUT2D eigenvalue weighted by Crippen LogP contribution is -2.14. The molecular formula is C23H22FN5OS2. The van der Waals surface area contributed by atoms with E-state index in [1.54, 1.807) is 16.7 Å². The highest BCUT2D eigenvalue weighted by molar-refractivity contribution is 7.99. The third-order valence-electron chi connectivity index (χ3n) is 5.14. The zero-order valence-electron chi connectivity index (χ0n) is 18.1. The fourth-order valence-electron chi connectivity index (χ4n) is 3.27. The van der Waals surface area contributed by atoms with Crippen LogP contribution in [0.15, 0.2) is 46.9 Å². The summed E-state index contributed by atoms with van der Waals surface area (Å²) in [6.45, 7) is 6.24. The number of hydrogen-bond donors (Lipinski definition) is 1. The van der Waals surface area contributed by atoms with Gasteiger partial charge in [0.1, 0.15) is 5.82 Å². The zero-order chi connectivity index (χ0) is 22.8. The summed E-state index contributed by atoms with van der Waals surface area (Å²) in [5, 5.41) is 14.3. The Morgan fingerprint density at radius 3 is 2.56 bits per heavy atom. The van der Waals surface area contributed by atoms with Crippen LogP contribution in [0.3, 0.4) is 0 Å². The van der Waals surface area contributed by atoms with E-state index in [1.165, 1.54) is 46.4 Å². The molecule has 0 saturated heterocycles. The van der Waals surface area contributed by atoms with Gasteiger partial charge in [0.15, 0.2) is 16.1 Å². The fourth-order valence-corrected chi connectivity index (χ4v) is 4.71. The van der Waals surface area contributed by atoms with Crippen molar-refractivity contribution >= 4 is 34.1 Å². The Bertz CT molecular complexity index is 1280. The Labute approximate surface area is 193 Å². The van der Waals surface area contributed by atoms with Crippen LogP contribution in [0.25, 0.3) is 22.6 Å². The first-order valence-corrected chi connectivity index (χ1v) is 11.8. The molecule has 0 atom stereocenters. The summed E-state index contributed by atoms with van der Waals surface area (Å²) < 4.78 is 14.9. The highest BCUT2D eigenvalue weighted by Crippen LogP contribution is 2.30. The molecule has 1 amide bonds. The second-order valence-electron chi connectivity index (χ2n) is 7.50. The van der Waals surface area contributed by atoms with E-state index < -0.39 is 0 Å². The molecule has 0 aliphatic heterocycles. The van der Waals surface area contributed by atoms with Gasteiger partial charge in [-0.15, -0.1) is 21.5 Å². The van der Waals surface area contributed by atoms with Crippen molar-refractivity contribution in [3.05, 3.63) is 64.3 Å². The van der Waals surface area contributed by atoms with Crippen molar-refractivity contribution in [2.24, 2.45) is 7.05 Å². The molecule has 4 rings (SSSR count). The van der Waals surface area contributed by atoms with Gasteiger partial charge in [-0.25, -0.2) is 9.37 Å². The topological polar surface area (TPSA) is 72.7 Å². The molecule has 1 N–H and O–H groups in total. The van der Waals surface area contributed by atoms with E-state index in [0.717, 1.165) is 22.4 Å². The summed E-state index contributed by atoms with van der Waals surface area (Å²) in [7, 11) is 1.82. The number of rotatable bonds is 6. The molecule has 0 saturated carbocycles. The smallest absolute Gasteiger partial charge is 0.236 e. The quantitative estimate of drug-likeness (QED) is 0.384. The number of aromatic nitrogens is 4. The van der Waals surface area contributed by atoms with Crippen LogP contribution in [0.1, 0.15) is 16.7 Å². The molecule has 0 bridgehead atoms. The first-order valence-electron chi connectivity index (χ1n) is 9.93. The Morgan fingerprint density at radius 2 is 1.81 bits per heavy atom. The van der Waals surface area contributed by atoms with E-state index in [1.807, 2.05) is 12.4 Å². The Hall–Kier alpha value is -3.04. The minimum Gasteiger partial charge on any atom is -0.305 e. The predicted octanol–water partition coefficient (Wildman–Crippen LogP) is 5.40. The van der Waals surface area contributed by atoms with Gasteiger partial charge in [0.25, 0.3) is 0 Å². The van der Waals surface area contributed by atoms with Gasteiger partial charge < -0.3 is 9.88 Å². The van der Waals surface area contributed by atoms with E-state index >= 15 is 0 Å². The second-order valence-corrected chi connectivity index (χ2v) is 9.30. The molecule has 0 unspecified atom stereocenters. The minimum atomic E-state index is -0.305. The third kappa shape index (κ3) is 4.73. The first kappa shape index (κ1) is 22.2.